The number of carbonyl (C=O) groups is 1. The number of rotatable bonds is 9. The highest BCUT2D eigenvalue weighted by Gasteiger charge is 2.04. The summed E-state index contributed by atoms with van der Waals surface area (Å²) in [6.07, 6.45) is 2.43. The van der Waals surface area contributed by atoms with Gasteiger partial charge in [-0.2, -0.15) is 0 Å². The zero-order valence-corrected chi connectivity index (χ0v) is 18.0. The number of nitrogens with zero attached hydrogens (tertiary/aromatic N) is 1. The monoisotopic (exact) mass is 486 g/mol. The molecule has 0 atom stereocenters. The number of hydrogen-bond donors (Lipinski definition) is 3. The maximum Gasteiger partial charge on any atom is 0.242 e. The fourth-order valence-corrected chi connectivity index (χ4v) is 2.26. The van der Waals surface area contributed by atoms with Gasteiger partial charge in [0.15, 0.2) is 5.96 Å². The van der Waals surface area contributed by atoms with Gasteiger partial charge in [0.2, 0.25) is 5.91 Å². The molecule has 8 heteroatoms. The van der Waals surface area contributed by atoms with E-state index >= 15 is 0 Å². The number of benzene rings is 1. The maximum absolute atomic E-state index is 11.9. The molecule has 1 aromatic carbocycles. The Bertz CT molecular complexity index is 687. The molecule has 2 aromatic rings. The highest BCUT2D eigenvalue weighted by molar-refractivity contribution is 14.0. The zero-order chi connectivity index (χ0) is 18.6. The highest BCUT2D eigenvalue weighted by atomic mass is 127. The molecule has 0 unspecified atom stereocenters. The summed E-state index contributed by atoms with van der Waals surface area (Å²) in [5.41, 5.74) is 1.20. The highest BCUT2D eigenvalue weighted by Crippen LogP contribution is 2.11. The number of aliphatic imine (C=N–C) groups is 1. The van der Waals surface area contributed by atoms with Crippen LogP contribution in [0.2, 0.25) is 0 Å². The van der Waals surface area contributed by atoms with Gasteiger partial charge in [0.05, 0.1) is 19.9 Å². The van der Waals surface area contributed by atoms with Gasteiger partial charge in [-0.25, -0.2) is 4.99 Å². The fourth-order valence-electron chi connectivity index (χ4n) is 2.26. The van der Waals surface area contributed by atoms with Crippen LogP contribution in [0, 0.1) is 0 Å². The second-order valence-corrected chi connectivity index (χ2v) is 5.58. The molecule has 0 aliphatic rings. The lowest BCUT2D eigenvalue weighted by Gasteiger charge is -2.11. The molecule has 3 N–H and O–H groups in total. The van der Waals surface area contributed by atoms with E-state index in [9.17, 15) is 4.79 Å². The van der Waals surface area contributed by atoms with Gasteiger partial charge >= 0.3 is 0 Å². The van der Waals surface area contributed by atoms with Crippen molar-refractivity contribution in [3.05, 3.63) is 54.0 Å². The SMILES string of the molecule is CCNC(=NCC(=O)NCc1ccco1)NCCc1ccc(OC)cc1.I. The first kappa shape index (κ1) is 22.8. The van der Waals surface area contributed by atoms with Crippen LogP contribution in [0.4, 0.5) is 0 Å². The molecule has 0 aliphatic carbocycles. The van der Waals surface area contributed by atoms with Crippen LogP contribution >= 0.6 is 24.0 Å². The van der Waals surface area contributed by atoms with Crippen LogP contribution in [0.25, 0.3) is 0 Å². The summed E-state index contributed by atoms with van der Waals surface area (Å²) in [5.74, 6) is 2.02. The molecule has 0 bridgehead atoms. The number of ether oxygens (including phenoxy) is 1. The van der Waals surface area contributed by atoms with E-state index in [0.29, 0.717) is 24.8 Å². The molecule has 1 heterocycles. The molecule has 27 heavy (non-hydrogen) atoms. The van der Waals surface area contributed by atoms with Gasteiger partial charge in [0, 0.05) is 13.1 Å². The number of furan rings is 1. The molecule has 2 rings (SSSR count). The molecule has 148 valence electrons. The number of guanidine groups is 1. The van der Waals surface area contributed by atoms with Crippen LogP contribution in [-0.2, 0) is 17.8 Å². The second-order valence-electron chi connectivity index (χ2n) is 5.58. The molecule has 7 nitrogen and oxygen atoms in total. The quantitative estimate of drug-likeness (QED) is 0.288. The van der Waals surface area contributed by atoms with Crippen molar-refractivity contribution in [1.29, 1.82) is 0 Å². The van der Waals surface area contributed by atoms with Crippen molar-refractivity contribution < 1.29 is 13.9 Å². The van der Waals surface area contributed by atoms with Crippen LogP contribution in [0.5, 0.6) is 5.75 Å². The minimum Gasteiger partial charge on any atom is -0.497 e. The molecule has 1 aromatic heterocycles. The van der Waals surface area contributed by atoms with Gasteiger partial charge in [0.1, 0.15) is 18.1 Å². The average Bonchev–Trinajstić information content (AvgIpc) is 3.18. The van der Waals surface area contributed by atoms with Crippen molar-refractivity contribution in [2.75, 3.05) is 26.7 Å². The summed E-state index contributed by atoms with van der Waals surface area (Å²) in [6, 6.07) is 11.6. The normalized spacial score (nSPS) is 10.7. The lowest BCUT2D eigenvalue weighted by Crippen LogP contribution is -2.39. The second kappa shape index (κ2) is 13.0. The van der Waals surface area contributed by atoms with Crippen LogP contribution < -0.4 is 20.7 Å². The number of halogens is 1. The van der Waals surface area contributed by atoms with Gasteiger partial charge in [0.25, 0.3) is 0 Å². The van der Waals surface area contributed by atoms with Gasteiger partial charge in [-0.1, -0.05) is 12.1 Å². The largest absolute Gasteiger partial charge is 0.497 e. The smallest absolute Gasteiger partial charge is 0.242 e. The number of amides is 1. The molecular formula is C19H27IN4O3. The van der Waals surface area contributed by atoms with Crippen LogP contribution in [0.15, 0.2) is 52.1 Å². The van der Waals surface area contributed by atoms with E-state index in [1.54, 1.807) is 19.4 Å². The molecule has 1 amide bonds. The Morgan fingerprint density at radius 2 is 1.93 bits per heavy atom. The summed E-state index contributed by atoms with van der Waals surface area (Å²) >= 11 is 0. The van der Waals surface area contributed by atoms with Crippen molar-refractivity contribution in [3.63, 3.8) is 0 Å². The van der Waals surface area contributed by atoms with E-state index in [-0.39, 0.29) is 36.4 Å². The maximum atomic E-state index is 11.9. The fraction of sp³-hybridized carbons (Fsp3) is 0.368. The molecule has 0 fully saturated rings. The van der Waals surface area contributed by atoms with Crippen molar-refractivity contribution in [1.82, 2.24) is 16.0 Å². The van der Waals surface area contributed by atoms with Crippen molar-refractivity contribution >= 4 is 35.8 Å². The Morgan fingerprint density at radius 3 is 2.56 bits per heavy atom. The Labute approximate surface area is 177 Å². The standard InChI is InChI=1S/C19H26N4O3.HI/c1-3-20-19(21-11-10-15-6-8-16(25-2)9-7-15)23-14-18(24)22-13-17-5-4-12-26-17;/h4-9,12H,3,10-11,13-14H2,1-2H3,(H,22,24)(H2,20,21,23);1H. The van der Waals surface area contributed by atoms with E-state index in [1.165, 1.54) is 5.56 Å². The Morgan fingerprint density at radius 1 is 1.15 bits per heavy atom. The molecule has 0 saturated carbocycles. The third-order valence-electron chi connectivity index (χ3n) is 3.63. The number of carbonyl (C=O) groups excluding carboxylic acids is 1. The minimum atomic E-state index is -0.159. The molecule has 0 aliphatic heterocycles. The number of methoxy groups -OCH3 is 1. The predicted octanol–water partition coefficient (Wildman–Crippen LogP) is 2.32. The molecular weight excluding hydrogens is 459 g/mol. The van der Waals surface area contributed by atoms with Crippen LogP contribution in [-0.4, -0.2) is 38.6 Å². The Kier molecular flexibility index (Phi) is 11.0. The average molecular weight is 486 g/mol. The summed E-state index contributed by atoms with van der Waals surface area (Å²) in [7, 11) is 1.65. The van der Waals surface area contributed by atoms with E-state index in [2.05, 4.69) is 20.9 Å². The third-order valence-corrected chi connectivity index (χ3v) is 3.63. The first-order valence-corrected chi connectivity index (χ1v) is 8.65. The summed E-state index contributed by atoms with van der Waals surface area (Å²) in [5, 5.41) is 9.13. The molecule has 0 saturated heterocycles. The first-order chi connectivity index (χ1) is 12.7. The third kappa shape index (κ3) is 8.80. The van der Waals surface area contributed by atoms with Gasteiger partial charge in [-0.05, 0) is 43.2 Å². The van der Waals surface area contributed by atoms with E-state index in [1.807, 2.05) is 37.3 Å². The zero-order valence-electron chi connectivity index (χ0n) is 15.7. The minimum absolute atomic E-state index is 0. The lowest BCUT2D eigenvalue weighted by molar-refractivity contribution is -0.119. The van der Waals surface area contributed by atoms with E-state index in [0.717, 1.165) is 18.7 Å². The van der Waals surface area contributed by atoms with Crippen molar-refractivity contribution in [3.8, 4) is 5.75 Å². The van der Waals surface area contributed by atoms with Crippen molar-refractivity contribution in [2.24, 2.45) is 4.99 Å². The van der Waals surface area contributed by atoms with Crippen LogP contribution in [0.1, 0.15) is 18.2 Å². The lowest BCUT2D eigenvalue weighted by atomic mass is 10.1. The number of nitrogens with one attached hydrogen (secondary N) is 3. The molecule has 0 radical (unpaired) electrons. The van der Waals surface area contributed by atoms with Gasteiger partial charge in [-0.15, -0.1) is 24.0 Å². The summed E-state index contributed by atoms with van der Waals surface area (Å²) in [6.45, 7) is 3.84. The van der Waals surface area contributed by atoms with Gasteiger partial charge < -0.3 is 25.1 Å². The van der Waals surface area contributed by atoms with Crippen LogP contribution in [0.3, 0.4) is 0 Å². The number of hydrogen-bond acceptors (Lipinski definition) is 4. The predicted molar refractivity (Wildman–Crippen MR) is 117 cm³/mol. The topological polar surface area (TPSA) is 87.9 Å². The summed E-state index contributed by atoms with van der Waals surface area (Å²) < 4.78 is 10.3. The first-order valence-electron chi connectivity index (χ1n) is 8.65. The van der Waals surface area contributed by atoms with Gasteiger partial charge in [-0.3, -0.25) is 4.79 Å². The summed E-state index contributed by atoms with van der Waals surface area (Å²) in [4.78, 5) is 16.2. The Hall–Kier alpha value is -2.23. The molecule has 0 spiro atoms. The van der Waals surface area contributed by atoms with E-state index < -0.39 is 0 Å². The Balaban J connectivity index is 0.00000364. The van der Waals surface area contributed by atoms with E-state index in [4.69, 9.17) is 9.15 Å². The van der Waals surface area contributed by atoms with Crippen molar-refractivity contribution in [2.45, 2.75) is 19.9 Å².